The maximum Gasteiger partial charge on any atom is 0.225 e. The quantitative estimate of drug-likeness (QED) is 0.901. The predicted octanol–water partition coefficient (Wildman–Crippen LogP) is 3.04. The van der Waals surface area contributed by atoms with Crippen LogP contribution in [0.4, 0.5) is 0 Å². The molecule has 130 valence electrons. The number of aromatic nitrogens is 1. The zero-order valence-electron chi connectivity index (χ0n) is 13.6. The fourth-order valence-electron chi connectivity index (χ4n) is 4.12. The van der Waals surface area contributed by atoms with E-state index in [1.165, 1.54) is 19.3 Å². The Morgan fingerprint density at radius 3 is 2.48 bits per heavy atom. The average molecular weight is 360 g/mol. The van der Waals surface area contributed by atoms with Gasteiger partial charge in [0.2, 0.25) is 5.91 Å². The van der Waals surface area contributed by atoms with Crippen LogP contribution in [0.15, 0.2) is 24.4 Å². The second-order valence-corrected chi connectivity index (χ2v) is 6.71. The number of nitrogens with two attached hydrogens (primary N) is 1. The molecule has 4 nitrogen and oxygen atoms in total. The normalized spacial score (nSPS) is 29.0. The second-order valence-electron chi connectivity index (χ2n) is 6.71. The molecule has 0 aliphatic heterocycles. The summed E-state index contributed by atoms with van der Waals surface area (Å²) in [6.07, 6.45) is 7.41. The number of amides is 1. The zero-order valence-corrected chi connectivity index (χ0v) is 15.2. The molecule has 1 aromatic heterocycles. The molecule has 2 aliphatic carbocycles. The van der Waals surface area contributed by atoms with Gasteiger partial charge in [-0.15, -0.1) is 24.8 Å². The molecular formula is C17H27Cl2N3O. The fourth-order valence-corrected chi connectivity index (χ4v) is 4.12. The van der Waals surface area contributed by atoms with E-state index in [9.17, 15) is 4.79 Å². The molecule has 1 amide bonds. The van der Waals surface area contributed by atoms with Gasteiger partial charge in [0.1, 0.15) is 0 Å². The minimum absolute atomic E-state index is 0. The van der Waals surface area contributed by atoms with Crippen molar-refractivity contribution in [2.24, 2.45) is 23.5 Å². The lowest BCUT2D eigenvalue weighted by Crippen LogP contribution is -2.49. The Hall–Kier alpha value is -0.840. The van der Waals surface area contributed by atoms with Crippen molar-refractivity contribution in [3.8, 4) is 0 Å². The van der Waals surface area contributed by atoms with Gasteiger partial charge >= 0.3 is 0 Å². The van der Waals surface area contributed by atoms with E-state index in [4.69, 9.17) is 5.73 Å². The van der Waals surface area contributed by atoms with E-state index in [0.29, 0.717) is 24.4 Å². The Bertz CT molecular complexity index is 486. The van der Waals surface area contributed by atoms with Gasteiger partial charge in [-0.25, -0.2) is 0 Å². The molecule has 2 N–H and O–H groups in total. The number of nitrogens with zero attached hydrogens (tertiary/aromatic N) is 2. The van der Waals surface area contributed by atoms with Crippen LogP contribution < -0.4 is 5.73 Å². The van der Waals surface area contributed by atoms with Crippen LogP contribution in [0.25, 0.3) is 0 Å². The Kier molecular flexibility index (Phi) is 7.78. The molecular weight excluding hydrogens is 333 g/mol. The lowest BCUT2D eigenvalue weighted by atomic mass is 9.65. The van der Waals surface area contributed by atoms with Crippen molar-refractivity contribution >= 4 is 30.7 Å². The first-order valence-electron chi connectivity index (χ1n) is 8.05. The van der Waals surface area contributed by atoms with Gasteiger partial charge in [-0.1, -0.05) is 12.5 Å². The highest BCUT2D eigenvalue weighted by molar-refractivity contribution is 5.85. The van der Waals surface area contributed by atoms with Crippen molar-refractivity contribution in [1.29, 1.82) is 0 Å². The minimum Gasteiger partial charge on any atom is -0.340 e. The van der Waals surface area contributed by atoms with E-state index in [2.05, 4.69) is 4.98 Å². The second kappa shape index (κ2) is 8.86. The van der Waals surface area contributed by atoms with Gasteiger partial charge in [-0.2, -0.15) is 0 Å². The molecule has 0 aromatic carbocycles. The summed E-state index contributed by atoms with van der Waals surface area (Å²) in [7, 11) is 1.89. The van der Waals surface area contributed by atoms with E-state index in [1.54, 1.807) is 6.20 Å². The number of halogens is 2. The third-order valence-corrected chi connectivity index (χ3v) is 5.26. The van der Waals surface area contributed by atoms with Gasteiger partial charge < -0.3 is 10.6 Å². The molecule has 3 rings (SSSR count). The SMILES string of the molecule is CN(Cc1ccccn1)C(=O)C1CC2CCCC(C1)C2N.Cl.Cl. The molecule has 1 heterocycles. The molecule has 2 aliphatic rings. The number of carbonyl (C=O) groups excluding carboxylic acids is 1. The Morgan fingerprint density at radius 1 is 1.26 bits per heavy atom. The summed E-state index contributed by atoms with van der Waals surface area (Å²) in [5.74, 6) is 1.53. The molecule has 0 radical (unpaired) electrons. The van der Waals surface area contributed by atoms with Crippen LogP contribution in [-0.2, 0) is 11.3 Å². The molecule has 0 spiro atoms. The van der Waals surface area contributed by atoms with Gasteiger partial charge in [-0.3, -0.25) is 9.78 Å². The number of hydrogen-bond acceptors (Lipinski definition) is 3. The largest absolute Gasteiger partial charge is 0.340 e. The fraction of sp³-hybridized carbons (Fsp3) is 0.647. The van der Waals surface area contributed by atoms with Crippen LogP contribution >= 0.6 is 24.8 Å². The molecule has 2 saturated carbocycles. The molecule has 0 saturated heterocycles. The Morgan fingerprint density at radius 2 is 1.91 bits per heavy atom. The smallest absolute Gasteiger partial charge is 0.225 e. The number of carbonyl (C=O) groups is 1. The van der Waals surface area contributed by atoms with Crippen molar-refractivity contribution in [2.75, 3.05) is 7.05 Å². The van der Waals surface area contributed by atoms with Crippen molar-refractivity contribution in [3.05, 3.63) is 30.1 Å². The number of pyridine rings is 1. The van der Waals surface area contributed by atoms with E-state index >= 15 is 0 Å². The maximum absolute atomic E-state index is 12.7. The summed E-state index contributed by atoms with van der Waals surface area (Å²) in [5, 5.41) is 0. The first-order valence-corrected chi connectivity index (χ1v) is 8.05. The number of fused-ring (bicyclic) bond motifs is 2. The van der Waals surface area contributed by atoms with Crippen LogP contribution in [0.3, 0.4) is 0 Å². The third kappa shape index (κ3) is 4.59. The van der Waals surface area contributed by atoms with Gasteiger partial charge in [0, 0.05) is 25.2 Å². The van der Waals surface area contributed by atoms with Gasteiger partial charge in [0.25, 0.3) is 0 Å². The van der Waals surface area contributed by atoms with Gasteiger partial charge in [-0.05, 0) is 49.7 Å². The van der Waals surface area contributed by atoms with Crippen molar-refractivity contribution in [2.45, 2.75) is 44.7 Å². The topological polar surface area (TPSA) is 59.2 Å². The van der Waals surface area contributed by atoms with Crippen LogP contribution in [0.2, 0.25) is 0 Å². The standard InChI is InChI=1S/C17H25N3O.2ClH/c1-20(11-15-7-2-3-8-19-15)17(21)14-9-12-5-4-6-13(10-14)16(12)18;;/h2-3,7-8,12-14,16H,4-6,9-11,18H2,1H3;2*1H. The van der Waals surface area contributed by atoms with E-state index < -0.39 is 0 Å². The highest BCUT2D eigenvalue weighted by Crippen LogP contribution is 2.42. The molecule has 2 fully saturated rings. The molecule has 2 unspecified atom stereocenters. The maximum atomic E-state index is 12.7. The first kappa shape index (κ1) is 20.2. The third-order valence-electron chi connectivity index (χ3n) is 5.26. The average Bonchev–Trinajstić information content (AvgIpc) is 2.47. The highest BCUT2D eigenvalue weighted by atomic mass is 35.5. The summed E-state index contributed by atoms with van der Waals surface area (Å²) in [6, 6.07) is 6.15. The molecule has 6 heteroatoms. The summed E-state index contributed by atoms with van der Waals surface area (Å²) < 4.78 is 0. The summed E-state index contributed by atoms with van der Waals surface area (Å²) in [4.78, 5) is 18.8. The van der Waals surface area contributed by atoms with Crippen LogP contribution in [0.5, 0.6) is 0 Å². The van der Waals surface area contributed by atoms with Crippen LogP contribution in [0, 0.1) is 17.8 Å². The summed E-state index contributed by atoms with van der Waals surface area (Å²) in [6.45, 7) is 0.595. The van der Waals surface area contributed by atoms with Crippen molar-refractivity contribution < 1.29 is 4.79 Å². The van der Waals surface area contributed by atoms with E-state index in [0.717, 1.165) is 18.5 Å². The first-order chi connectivity index (χ1) is 10.1. The number of hydrogen-bond donors (Lipinski definition) is 1. The number of rotatable bonds is 3. The van der Waals surface area contributed by atoms with Crippen molar-refractivity contribution in [3.63, 3.8) is 0 Å². The monoisotopic (exact) mass is 359 g/mol. The van der Waals surface area contributed by atoms with Crippen LogP contribution in [-0.4, -0.2) is 28.9 Å². The molecule has 1 aromatic rings. The van der Waals surface area contributed by atoms with Crippen LogP contribution in [0.1, 0.15) is 37.8 Å². The minimum atomic E-state index is 0. The van der Waals surface area contributed by atoms with E-state index in [1.807, 2.05) is 30.1 Å². The van der Waals surface area contributed by atoms with Gasteiger partial charge in [0.05, 0.1) is 12.2 Å². The molecule has 2 bridgehead atoms. The Labute approximate surface area is 151 Å². The summed E-state index contributed by atoms with van der Waals surface area (Å²) >= 11 is 0. The van der Waals surface area contributed by atoms with Gasteiger partial charge in [0.15, 0.2) is 0 Å². The van der Waals surface area contributed by atoms with E-state index in [-0.39, 0.29) is 36.6 Å². The summed E-state index contributed by atoms with van der Waals surface area (Å²) in [5.41, 5.74) is 7.26. The Balaban J connectivity index is 0.00000132. The predicted molar refractivity (Wildman–Crippen MR) is 96.7 cm³/mol. The van der Waals surface area contributed by atoms with Crippen molar-refractivity contribution in [1.82, 2.24) is 9.88 Å². The lowest BCUT2D eigenvalue weighted by Gasteiger charge is -2.44. The molecule has 23 heavy (non-hydrogen) atoms. The molecule has 2 atom stereocenters. The zero-order chi connectivity index (χ0) is 14.8. The lowest BCUT2D eigenvalue weighted by molar-refractivity contribution is -0.137. The highest BCUT2D eigenvalue weighted by Gasteiger charge is 2.41.